The second kappa shape index (κ2) is 5.78. The highest BCUT2D eigenvalue weighted by atomic mass is 35.5. The molecule has 0 spiro atoms. The molecular formula is C11H14ClNO4S2. The molecule has 0 radical (unpaired) electrons. The Kier molecular flexibility index (Phi) is 4.50. The summed E-state index contributed by atoms with van der Waals surface area (Å²) in [5, 5.41) is 8.51. The molecular weight excluding hydrogens is 310 g/mol. The lowest BCUT2D eigenvalue weighted by molar-refractivity contribution is -0.134. The summed E-state index contributed by atoms with van der Waals surface area (Å²) in [6, 6.07) is 1.92. The molecule has 0 aromatic carbocycles. The number of hydrogen-bond donors (Lipinski definition) is 1. The van der Waals surface area contributed by atoms with Crippen LogP contribution in [0.1, 0.15) is 10.4 Å². The molecule has 0 aliphatic carbocycles. The lowest BCUT2D eigenvalue weighted by Gasteiger charge is -2.26. The van der Waals surface area contributed by atoms with Crippen molar-refractivity contribution >= 4 is 38.7 Å². The van der Waals surface area contributed by atoms with E-state index in [1.54, 1.807) is 11.3 Å². The van der Waals surface area contributed by atoms with Crippen LogP contribution in [0.4, 0.5) is 0 Å². The minimum Gasteiger partial charge on any atom is -0.480 e. The first-order chi connectivity index (χ1) is 8.85. The first-order valence-electron chi connectivity index (χ1n) is 5.77. The Labute approximate surface area is 120 Å². The summed E-state index contributed by atoms with van der Waals surface area (Å²) in [7, 11) is -3.52. The van der Waals surface area contributed by atoms with Crippen LogP contribution in [0.3, 0.4) is 0 Å². The third-order valence-electron chi connectivity index (χ3n) is 2.98. The summed E-state index contributed by atoms with van der Waals surface area (Å²) in [6.07, 6.45) is 0.867. The van der Waals surface area contributed by atoms with Crippen molar-refractivity contribution in [3.8, 4) is 0 Å². The van der Waals surface area contributed by atoms with Gasteiger partial charge in [0.2, 0.25) is 0 Å². The molecule has 19 heavy (non-hydrogen) atoms. The average Bonchev–Trinajstić information content (AvgIpc) is 2.64. The smallest absolute Gasteiger partial charge is 0.318 e. The van der Waals surface area contributed by atoms with Crippen molar-refractivity contribution in [3.63, 3.8) is 0 Å². The minimum absolute atomic E-state index is 0.119. The molecule has 1 aromatic heterocycles. The maximum atomic E-state index is 11.5. The summed E-state index contributed by atoms with van der Waals surface area (Å²) in [6.45, 7) is 1.83. The minimum atomic E-state index is -3.52. The zero-order chi connectivity index (χ0) is 14.0. The van der Waals surface area contributed by atoms with E-state index in [0.29, 0.717) is 13.1 Å². The summed E-state index contributed by atoms with van der Waals surface area (Å²) >= 11 is 7.51. The van der Waals surface area contributed by atoms with Crippen LogP contribution < -0.4 is 0 Å². The van der Waals surface area contributed by atoms with E-state index in [2.05, 4.69) is 0 Å². The van der Waals surface area contributed by atoms with E-state index in [9.17, 15) is 13.2 Å². The predicted octanol–water partition coefficient (Wildman–Crippen LogP) is 1.26. The van der Waals surface area contributed by atoms with Crippen LogP contribution in [0.25, 0.3) is 0 Å². The molecule has 0 saturated carbocycles. The largest absolute Gasteiger partial charge is 0.480 e. The highest BCUT2D eigenvalue weighted by Crippen LogP contribution is 2.30. The molecule has 2 heterocycles. The van der Waals surface area contributed by atoms with Gasteiger partial charge in [0, 0.05) is 24.5 Å². The third-order valence-corrected chi connectivity index (χ3v) is 5.84. The van der Waals surface area contributed by atoms with Crippen LogP contribution in [-0.2, 0) is 27.6 Å². The van der Waals surface area contributed by atoms with Crippen LogP contribution in [0.15, 0.2) is 6.07 Å². The van der Waals surface area contributed by atoms with Crippen LogP contribution >= 0.6 is 22.9 Å². The maximum Gasteiger partial charge on any atom is 0.318 e. The lowest BCUT2D eigenvalue weighted by atomic mass is 10.1. The van der Waals surface area contributed by atoms with Crippen LogP contribution in [0.5, 0.6) is 0 Å². The van der Waals surface area contributed by atoms with Crippen LogP contribution in [-0.4, -0.2) is 49.0 Å². The first-order valence-corrected chi connectivity index (χ1v) is 8.79. The van der Waals surface area contributed by atoms with Crippen LogP contribution in [0.2, 0.25) is 4.34 Å². The average molecular weight is 324 g/mol. The Morgan fingerprint density at radius 1 is 1.53 bits per heavy atom. The molecule has 5 nitrogen and oxygen atoms in total. The molecule has 1 aromatic rings. The number of sulfone groups is 1. The highest BCUT2D eigenvalue weighted by Gasteiger charge is 2.22. The summed E-state index contributed by atoms with van der Waals surface area (Å²) in [5.41, 5.74) is 1.15. The van der Waals surface area contributed by atoms with Gasteiger partial charge in [-0.05, 0) is 18.1 Å². The number of rotatable bonds is 5. The molecule has 106 valence electrons. The standard InChI is InChI=1S/C11H14ClNO4S2/c12-10-5-8-6-13(2-1-9(8)18-10)3-4-19(16,17)7-11(14)15/h5H,1-4,6-7H2,(H,14,15). The fourth-order valence-electron chi connectivity index (χ4n) is 2.07. The van der Waals surface area contributed by atoms with E-state index in [1.165, 1.54) is 4.88 Å². The number of nitrogens with zero attached hydrogens (tertiary/aromatic N) is 1. The van der Waals surface area contributed by atoms with E-state index < -0.39 is 21.6 Å². The number of fused-ring (bicyclic) bond motifs is 1. The van der Waals surface area contributed by atoms with Gasteiger partial charge in [-0.1, -0.05) is 11.6 Å². The van der Waals surface area contributed by atoms with E-state index in [4.69, 9.17) is 16.7 Å². The summed E-state index contributed by atoms with van der Waals surface area (Å²) < 4.78 is 23.8. The van der Waals surface area contributed by atoms with Crippen molar-refractivity contribution < 1.29 is 18.3 Å². The normalized spacial score (nSPS) is 16.3. The molecule has 1 aliphatic heterocycles. The van der Waals surface area contributed by atoms with E-state index in [0.717, 1.165) is 22.9 Å². The molecule has 2 rings (SSSR count). The van der Waals surface area contributed by atoms with Gasteiger partial charge in [0.1, 0.15) is 5.75 Å². The SMILES string of the molecule is O=C(O)CS(=O)(=O)CCN1CCc2sc(Cl)cc2C1. The van der Waals surface area contributed by atoms with E-state index in [1.807, 2.05) is 11.0 Å². The van der Waals surface area contributed by atoms with Crippen molar-refractivity contribution in [3.05, 3.63) is 20.8 Å². The van der Waals surface area contributed by atoms with Crippen molar-refractivity contribution in [2.24, 2.45) is 0 Å². The number of thiophene rings is 1. The molecule has 1 aliphatic rings. The topological polar surface area (TPSA) is 74.7 Å². The van der Waals surface area contributed by atoms with Gasteiger partial charge in [0.05, 0.1) is 10.1 Å². The number of carboxylic acid groups (broad SMARTS) is 1. The van der Waals surface area contributed by atoms with Gasteiger partial charge in [-0.3, -0.25) is 9.69 Å². The number of carboxylic acids is 1. The quantitative estimate of drug-likeness (QED) is 0.883. The number of aliphatic carboxylic acids is 1. The number of halogens is 1. The number of carbonyl (C=O) groups is 1. The monoisotopic (exact) mass is 323 g/mol. The molecule has 0 unspecified atom stereocenters. The predicted molar refractivity (Wildman–Crippen MR) is 74.6 cm³/mol. The van der Waals surface area contributed by atoms with Crippen molar-refractivity contribution in [1.29, 1.82) is 0 Å². The van der Waals surface area contributed by atoms with Gasteiger partial charge in [-0.2, -0.15) is 0 Å². The zero-order valence-electron chi connectivity index (χ0n) is 10.1. The molecule has 0 saturated heterocycles. The molecule has 1 N–H and O–H groups in total. The van der Waals surface area contributed by atoms with Gasteiger partial charge >= 0.3 is 5.97 Å². The Balaban J connectivity index is 1.91. The third kappa shape index (κ3) is 4.17. The fraction of sp³-hybridized carbons (Fsp3) is 0.545. The lowest BCUT2D eigenvalue weighted by Crippen LogP contribution is -2.34. The second-order valence-electron chi connectivity index (χ2n) is 4.51. The fourth-order valence-corrected chi connectivity index (χ4v) is 4.43. The molecule has 8 heteroatoms. The van der Waals surface area contributed by atoms with Crippen molar-refractivity contribution in [1.82, 2.24) is 4.90 Å². The zero-order valence-corrected chi connectivity index (χ0v) is 12.5. The molecule has 0 amide bonds. The van der Waals surface area contributed by atoms with Gasteiger partial charge in [-0.15, -0.1) is 11.3 Å². The van der Waals surface area contributed by atoms with Crippen LogP contribution in [0, 0.1) is 0 Å². The van der Waals surface area contributed by atoms with Gasteiger partial charge in [0.25, 0.3) is 0 Å². The van der Waals surface area contributed by atoms with Crippen molar-refractivity contribution in [2.45, 2.75) is 13.0 Å². The van der Waals surface area contributed by atoms with E-state index >= 15 is 0 Å². The Morgan fingerprint density at radius 2 is 2.26 bits per heavy atom. The number of hydrogen-bond acceptors (Lipinski definition) is 5. The first kappa shape index (κ1) is 14.8. The molecule has 0 atom stereocenters. The Morgan fingerprint density at radius 3 is 2.95 bits per heavy atom. The summed E-state index contributed by atoms with van der Waals surface area (Å²) in [5.74, 6) is -2.21. The summed E-state index contributed by atoms with van der Waals surface area (Å²) in [4.78, 5) is 13.7. The Bertz CT molecular complexity index is 582. The molecule has 0 fully saturated rings. The van der Waals surface area contributed by atoms with E-state index in [-0.39, 0.29) is 5.75 Å². The van der Waals surface area contributed by atoms with Gasteiger partial charge < -0.3 is 5.11 Å². The van der Waals surface area contributed by atoms with Gasteiger partial charge in [0.15, 0.2) is 9.84 Å². The molecule has 0 bridgehead atoms. The van der Waals surface area contributed by atoms with Crippen molar-refractivity contribution in [2.75, 3.05) is 24.6 Å². The second-order valence-corrected chi connectivity index (χ2v) is 8.46. The van der Waals surface area contributed by atoms with Gasteiger partial charge in [-0.25, -0.2) is 8.42 Å². The highest BCUT2D eigenvalue weighted by molar-refractivity contribution is 7.92. The maximum absolute atomic E-state index is 11.5. The Hall–Kier alpha value is -0.630.